The second kappa shape index (κ2) is 7.31. The first-order chi connectivity index (χ1) is 14.5. The van der Waals surface area contributed by atoms with Crippen LogP contribution in [-0.4, -0.2) is 27.0 Å². The summed E-state index contributed by atoms with van der Waals surface area (Å²) in [7, 11) is 0. The van der Waals surface area contributed by atoms with Crippen molar-refractivity contribution in [2.75, 3.05) is 5.32 Å². The smallest absolute Gasteiger partial charge is 0.228 e. The zero-order valence-corrected chi connectivity index (χ0v) is 16.9. The molecule has 5 atom stereocenters. The maximum Gasteiger partial charge on any atom is 0.228 e. The summed E-state index contributed by atoms with van der Waals surface area (Å²) in [6.07, 6.45) is 6.83. The summed E-state index contributed by atoms with van der Waals surface area (Å²) in [6, 6.07) is 6.33. The topological polar surface area (TPSA) is 77.0 Å². The van der Waals surface area contributed by atoms with Crippen LogP contribution in [0.4, 0.5) is 10.2 Å². The number of amides is 1. The number of hydrogen-bond acceptors (Lipinski definition) is 5. The van der Waals surface area contributed by atoms with E-state index in [2.05, 4.69) is 20.3 Å². The highest BCUT2D eigenvalue weighted by atomic mass is 19.1. The number of anilines is 1. The molecule has 1 N–H and O–H groups in total. The Morgan fingerprint density at radius 2 is 1.97 bits per heavy atom. The first-order valence-electron chi connectivity index (χ1n) is 10.3. The van der Waals surface area contributed by atoms with Gasteiger partial charge in [-0.25, -0.2) is 9.37 Å². The predicted octanol–water partition coefficient (Wildman–Crippen LogP) is 4.15. The zero-order chi connectivity index (χ0) is 20.8. The monoisotopic (exact) mass is 406 g/mol. The van der Waals surface area contributed by atoms with Gasteiger partial charge in [0.1, 0.15) is 11.6 Å². The number of benzene rings is 1. The van der Waals surface area contributed by atoms with Gasteiger partial charge in [-0.2, -0.15) is 0 Å². The van der Waals surface area contributed by atoms with Gasteiger partial charge in [0.15, 0.2) is 5.82 Å². The first-order valence-corrected chi connectivity index (χ1v) is 10.3. The minimum atomic E-state index is -0.298. The molecule has 0 aliphatic heterocycles. The van der Waals surface area contributed by atoms with Crippen LogP contribution in [0.2, 0.25) is 0 Å². The molecule has 2 aliphatic rings. The van der Waals surface area contributed by atoms with Crippen LogP contribution in [0, 0.1) is 36.4 Å². The van der Waals surface area contributed by atoms with Crippen LogP contribution in [0.15, 0.2) is 42.9 Å². The standard InChI is InChI=1S/C23H23FN4O2/c1-12-10-27-21(11-26-12)28-23(29)13(2)22-16-8-15(9-17(16)22)30-20-5-6-25-19-4-3-14(24)7-18(19)20/h3-7,10-11,13,15-17,22H,8-9H2,1-2H3,(H,27,28,29)/t13?,15-,16-,17+,22-. The molecule has 154 valence electrons. The highest BCUT2D eigenvalue weighted by Crippen LogP contribution is 2.61. The second-order valence-corrected chi connectivity index (χ2v) is 8.41. The highest BCUT2D eigenvalue weighted by molar-refractivity contribution is 5.91. The third-order valence-electron chi connectivity index (χ3n) is 6.45. The second-order valence-electron chi connectivity index (χ2n) is 8.41. The number of pyridine rings is 1. The Labute approximate surface area is 173 Å². The fraction of sp³-hybridized carbons (Fsp3) is 0.391. The van der Waals surface area contributed by atoms with Crippen molar-refractivity contribution in [1.29, 1.82) is 0 Å². The number of nitrogens with zero attached hydrogens (tertiary/aromatic N) is 3. The molecule has 0 saturated heterocycles. The van der Waals surface area contributed by atoms with Crippen LogP contribution >= 0.6 is 0 Å². The lowest BCUT2D eigenvalue weighted by Gasteiger charge is -2.20. The van der Waals surface area contributed by atoms with E-state index in [4.69, 9.17) is 4.74 Å². The fourth-order valence-electron chi connectivity index (χ4n) is 4.93. The van der Waals surface area contributed by atoms with Crippen molar-refractivity contribution < 1.29 is 13.9 Å². The molecular weight excluding hydrogens is 383 g/mol. The molecule has 2 fully saturated rings. The van der Waals surface area contributed by atoms with Gasteiger partial charge in [0, 0.05) is 17.5 Å². The van der Waals surface area contributed by atoms with Gasteiger partial charge in [-0.3, -0.25) is 14.8 Å². The Bertz CT molecular complexity index is 1090. The molecule has 2 aliphatic carbocycles. The molecule has 0 radical (unpaired) electrons. The van der Waals surface area contributed by atoms with Crippen molar-refractivity contribution in [3.05, 3.63) is 54.4 Å². The van der Waals surface area contributed by atoms with E-state index < -0.39 is 0 Å². The number of aryl methyl sites for hydroxylation is 1. The van der Waals surface area contributed by atoms with Crippen LogP contribution < -0.4 is 10.1 Å². The number of nitrogens with one attached hydrogen (secondary N) is 1. The van der Waals surface area contributed by atoms with Gasteiger partial charge in [-0.15, -0.1) is 0 Å². The zero-order valence-electron chi connectivity index (χ0n) is 16.9. The molecule has 7 heteroatoms. The SMILES string of the molecule is Cc1cnc(NC(=O)C(C)[C@@H]2[C@@H]3C[C@@H](Oc4ccnc5ccc(F)cc45)C[C@@H]32)cn1. The molecule has 2 heterocycles. The van der Waals surface area contributed by atoms with Gasteiger partial charge < -0.3 is 10.1 Å². The molecule has 0 bridgehead atoms. The number of halogens is 1. The van der Waals surface area contributed by atoms with Gasteiger partial charge in [0.05, 0.1) is 29.7 Å². The lowest BCUT2D eigenvalue weighted by Crippen LogP contribution is -2.26. The summed E-state index contributed by atoms with van der Waals surface area (Å²) in [5.74, 6) is 2.12. The number of aromatic nitrogens is 3. The average Bonchev–Trinajstić information content (AvgIpc) is 3.24. The maximum absolute atomic E-state index is 13.7. The van der Waals surface area contributed by atoms with Gasteiger partial charge in [-0.05, 0) is 61.8 Å². The van der Waals surface area contributed by atoms with Crippen molar-refractivity contribution in [2.45, 2.75) is 32.8 Å². The normalized spacial score (nSPS) is 25.6. The third kappa shape index (κ3) is 3.49. The average molecular weight is 406 g/mol. The number of carbonyl (C=O) groups excluding carboxylic acids is 1. The molecule has 1 unspecified atom stereocenters. The summed E-state index contributed by atoms with van der Waals surface area (Å²) >= 11 is 0. The maximum atomic E-state index is 13.7. The fourth-order valence-corrected chi connectivity index (χ4v) is 4.93. The molecule has 30 heavy (non-hydrogen) atoms. The van der Waals surface area contributed by atoms with Gasteiger partial charge in [0.25, 0.3) is 0 Å². The lowest BCUT2D eigenvalue weighted by atomic mass is 9.97. The van der Waals surface area contributed by atoms with Crippen molar-refractivity contribution in [3.63, 3.8) is 0 Å². The summed E-state index contributed by atoms with van der Waals surface area (Å²) < 4.78 is 19.9. The molecule has 5 rings (SSSR count). The Kier molecular flexibility index (Phi) is 4.60. The number of fused-ring (bicyclic) bond motifs is 2. The predicted molar refractivity (Wildman–Crippen MR) is 110 cm³/mol. The number of ether oxygens (including phenoxy) is 1. The van der Waals surface area contributed by atoms with E-state index in [1.807, 2.05) is 13.8 Å². The molecule has 2 saturated carbocycles. The number of rotatable bonds is 5. The molecule has 0 spiro atoms. The van der Waals surface area contributed by atoms with Gasteiger partial charge in [0.2, 0.25) is 5.91 Å². The van der Waals surface area contributed by atoms with E-state index in [-0.39, 0.29) is 23.7 Å². The van der Waals surface area contributed by atoms with E-state index in [1.165, 1.54) is 12.1 Å². The minimum Gasteiger partial charge on any atom is -0.490 e. The molecule has 1 aromatic carbocycles. The van der Waals surface area contributed by atoms with E-state index in [0.29, 0.717) is 34.7 Å². The quantitative estimate of drug-likeness (QED) is 0.689. The Balaban J connectivity index is 1.20. The van der Waals surface area contributed by atoms with E-state index in [0.717, 1.165) is 24.1 Å². The van der Waals surface area contributed by atoms with Crippen LogP contribution in [0.1, 0.15) is 25.5 Å². The van der Waals surface area contributed by atoms with Crippen LogP contribution in [0.5, 0.6) is 5.75 Å². The van der Waals surface area contributed by atoms with E-state index in [9.17, 15) is 9.18 Å². The largest absolute Gasteiger partial charge is 0.490 e. The summed E-state index contributed by atoms with van der Waals surface area (Å²) in [5, 5.41) is 3.57. The Morgan fingerprint density at radius 1 is 1.17 bits per heavy atom. The molecule has 3 aromatic rings. The minimum absolute atomic E-state index is 0.0133. The van der Waals surface area contributed by atoms with Crippen molar-refractivity contribution >= 4 is 22.6 Å². The first kappa shape index (κ1) is 18.9. The number of carbonyl (C=O) groups is 1. The Hall–Kier alpha value is -3.09. The van der Waals surface area contributed by atoms with Crippen LogP contribution in [-0.2, 0) is 4.79 Å². The molecule has 6 nitrogen and oxygen atoms in total. The van der Waals surface area contributed by atoms with Crippen LogP contribution in [0.25, 0.3) is 10.9 Å². The summed E-state index contributed by atoms with van der Waals surface area (Å²) in [6.45, 7) is 3.84. The van der Waals surface area contributed by atoms with E-state index >= 15 is 0 Å². The van der Waals surface area contributed by atoms with Crippen molar-refractivity contribution in [2.24, 2.45) is 23.7 Å². The molecule has 2 aromatic heterocycles. The Morgan fingerprint density at radius 3 is 2.70 bits per heavy atom. The lowest BCUT2D eigenvalue weighted by molar-refractivity contribution is -0.120. The van der Waals surface area contributed by atoms with E-state index in [1.54, 1.807) is 30.7 Å². The highest BCUT2D eigenvalue weighted by Gasteiger charge is 2.59. The summed E-state index contributed by atoms with van der Waals surface area (Å²) in [5.41, 5.74) is 1.54. The number of hydrogen-bond donors (Lipinski definition) is 1. The van der Waals surface area contributed by atoms with Gasteiger partial charge >= 0.3 is 0 Å². The van der Waals surface area contributed by atoms with Crippen LogP contribution in [0.3, 0.4) is 0 Å². The third-order valence-corrected chi connectivity index (χ3v) is 6.45. The van der Waals surface area contributed by atoms with Crippen molar-refractivity contribution in [1.82, 2.24) is 15.0 Å². The van der Waals surface area contributed by atoms with Crippen molar-refractivity contribution in [3.8, 4) is 5.75 Å². The summed E-state index contributed by atoms with van der Waals surface area (Å²) in [4.78, 5) is 25.2. The molecular formula is C23H23FN4O2. The molecule has 1 amide bonds. The van der Waals surface area contributed by atoms with Gasteiger partial charge in [-0.1, -0.05) is 6.92 Å².